The van der Waals surface area contributed by atoms with E-state index in [0.717, 1.165) is 21.2 Å². The first-order chi connectivity index (χ1) is 13.9. The molecule has 4 nitrogen and oxygen atoms in total. The molecule has 148 valence electrons. The van der Waals surface area contributed by atoms with E-state index < -0.39 is 17.4 Å². The summed E-state index contributed by atoms with van der Waals surface area (Å²) < 4.78 is 0.915. The van der Waals surface area contributed by atoms with Crippen LogP contribution in [0.5, 0.6) is 0 Å². The normalized spacial score (nSPS) is 12.2. The van der Waals surface area contributed by atoms with Crippen LogP contribution in [0.15, 0.2) is 89.4 Å². The standard InChI is InChI=1S/C24H22BrNO3/c1-24(18-8-4-2-5-9-18,19-10-6-3-7-11-19)23(29)26-21(22(27)28)16-17-12-14-20(25)15-13-17/h2-15,21H,16H2,1H3,(H,26,29)(H,27,28)/t21-/m1/s1. The van der Waals surface area contributed by atoms with Gasteiger partial charge in [-0.25, -0.2) is 4.79 Å². The van der Waals surface area contributed by atoms with Gasteiger partial charge in [0, 0.05) is 10.9 Å². The molecule has 0 saturated heterocycles. The molecule has 0 radical (unpaired) electrons. The number of nitrogens with one attached hydrogen (secondary N) is 1. The number of rotatable bonds is 7. The van der Waals surface area contributed by atoms with Gasteiger partial charge < -0.3 is 10.4 Å². The highest BCUT2D eigenvalue weighted by Gasteiger charge is 2.38. The first-order valence-electron chi connectivity index (χ1n) is 9.30. The topological polar surface area (TPSA) is 66.4 Å². The summed E-state index contributed by atoms with van der Waals surface area (Å²) >= 11 is 3.37. The van der Waals surface area contributed by atoms with Gasteiger partial charge in [0.25, 0.3) is 0 Å². The van der Waals surface area contributed by atoms with Crippen LogP contribution in [0.25, 0.3) is 0 Å². The van der Waals surface area contributed by atoms with E-state index in [1.54, 1.807) is 0 Å². The number of hydrogen-bond acceptors (Lipinski definition) is 2. The molecule has 0 unspecified atom stereocenters. The molecule has 0 aliphatic rings. The fraction of sp³-hybridized carbons (Fsp3) is 0.167. The summed E-state index contributed by atoms with van der Waals surface area (Å²) in [5, 5.41) is 12.5. The van der Waals surface area contributed by atoms with Crippen LogP contribution >= 0.6 is 15.9 Å². The lowest BCUT2D eigenvalue weighted by atomic mass is 9.75. The molecule has 0 bridgehead atoms. The molecule has 0 aliphatic heterocycles. The summed E-state index contributed by atoms with van der Waals surface area (Å²) in [7, 11) is 0. The van der Waals surface area contributed by atoms with Crippen molar-refractivity contribution in [1.82, 2.24) is 5.32 Å². The molecule has 3 rings (SSSR count). The maximum Gasteiger partial charge on any atom is 0.326 e. The lowest BCUT2D eigenvalue weighted by Gasteiger charge is -2.31. The first-order valence-corrected chi connectivity index (χ1v) is 10.1. The van der Waals surface area contributed by atoms with E-state index in [2.05, 4.69) is 21.2 Å². The lowest BCUT2D eigenvalue weighted by molar-refractivity contribution is -0.142. The molecule has 0 aliphatic carbocycles. The van der Waals surface area contributed by atoms with Crippen molar-refractivity contribution in [3.05, 3.63) is 106 Å². The van der Waals surface area contributed by atoms with Crippen molar-refractivity contribution in [3.8, 4) is 0 Å². The summed E-state index contributed by atoms with van der Waals surface area (Å²) in [5.41, 5.74) is 1.42. The molecule has 0 heterocycles. The molecule has 5 heteroatoms. The molecule has 29 heavy (non-hydrogen) atoms. The Bertz CT molecular complexity index is 933. The number of halogens is 1. The van der Waals surface area contributed by atoms with E-state index in [1.165, 1.54) is 0 Å². The second-order valence-corrected chi connectivity index (χ2v) is 7.97. The Balaban J connectivity index is 1.92. The van der Waals surface area contributed by atoms with E-state index in [-0.39, 0.29) is 12.3 Å². The number of benzene rings is 3. The monoisotopic (exact) mass is 451 g/mol. The van der Waals surface area contributed by atoms with E-state index >= 15 is 0 Å². The fourth-order valence-corrected chi connectivity index (χ4v) is 3.60. The average molecular weight is 452 g/mol. The summed E-state index contributed by atoms with van der Waals surface area (Å²) in [6, 6.07) is 25.2. The van der Waals surface area contributed by atoms with E-state index in [9.17, 15) is 14.7 Å². The maximum atomic E-state index is 13.4. The minimum absolute atomic E-state index is 0.202. The van der Waals surface area contributed by atoms with Gasteiger partial charge in [0.15, 0.2) is 0 Å². The van der Waals surface area contributed by atoms with Crippen LogP contribution < -0.4 is 5.32 Å². The summed E-state index contributed by atoms with van der Waals surface area (Å²) in [6.45, 7) is 1.82. The fourth-order valence-electron chi connectivity index (χ4n) is 3.33. The third kappa shape index (κ3) is 4.74. The molecule has 3 aromatic rings. The van der Waals surface area contributed by atoms with Gasteiger partial charge in [0.05, 0.1) is 5.41 Å². The van der Waals surface area contributed by atoms with Crippen molar-refractivity contribution in [1.29, 1.82) is 0 Å². The number of carbonyl (C=O) groups is 2. The minimum Gasteiger partial charge on any atom is -0.480 e. The molecule has 3 aromatic carbocycles. The number of aliphatic carboxylic acids is 1. The molecular weight excluding hydrogens is 430 g/mol. The van der Waals surface area contributed by atoms with Crippen LogP contribution in [-0.4, -0.2) is 23.0 Å². The average Bonchev–Trinajstić information content (AvgIpc) is 2.75. The van der Waals surface area contributed by atoms with E-state index in [0.29, 0.717) is 0 Å². The molecule has 0 fully saturated rings. The van der Waals surface area contributed by atoms with Crippen molar-refractivity contribution in [3.63, 3.8) is 0 Å². The zero-order chi connectivity index (χ0) is 20.9. The Morgan fingerprint density at radius 2 is 1.38 bits per heavy atom. The van der Waals surface area contributed by atoms with Gasteiger partial charge >= 0.3 is 5.97 Å². The quantitative estimate of drug-likeness (QED) is 0.552. The van der Waals surface area contributed by atoms with E-state index in [1.807, 2.05) is 91.9 Å². The molecule has 0 spiro atoms. The Morgan fingerprint density at radius 3 is 1.83 bits per heavy atom. The minimum atomic E-state index is -1.07. The van der Waals surface area contributed by atoms with Crippen molar-refractivity contribution in [2.45, 2.75) is 24.8 Å². The molecule has 0 aromatic heterocycles. The van der Waals surface area contributed by atoms with Crippen molar-refractivity contribution < 1.29 is 14.7 Å². The van der Waals surface area contributed by atoms with Gasteiger partial charge in [-0.15, -0.1) is 0 Å². The summed E-state index contributed by atoms with van der Waals surface area (Å²) in [4.78, 5) is 25.3. The van der Waals surface area contributed by atoms with Crippen LogP contribution in [0.2, 0.25) is 0 Å². The highest BCUT2D eigenvalue weighted by Crippen LogP contribution is 2.32. The van der Waals surface area contributed by atoms with Gasteiger partial charge in [-0.05, 0) is 35.7 Å². The highest BCUT2D eigenvalue weighted by molar-refractivity contribution is 9.10. The van der Waals surface area contributed by atoms with Crippen LogP contribution in [0.3, 0.4) is 0 Å². The second-order valence-electron chi connectivity index (χ2n) is 7.05. The molecule has 0 saturated carbocycles. The smallest absolute Gasteiger partial charge is 0.326 e. The molecule has 1 amide bonds. The van der Waals surface area contributed by atoms with Crippen LogP contribution in [0, 0.1) is 0 Å². The summed E-state index contributed by atoms with van der Waals surface area (Å²) in [6.07, 6.45) is 0.202. The van der Waals surface area contributed by atoms with Crippen molar-refractivity contribution in [2.75, 3.05) is 0 Å². The Labute approximate surface area is 178 Å². The number of carboxylic acid groups (broad SMARTS) is 1. The van der Waals surface area contributed by atoms with Gasteiger partial charge in [-0.3, -0.25) is 4.79 Å². The van der Waals surface area contributed by atoms with Gasteiger partial charge in [-0.2, -0.15) is 0 Å². The lowest BCUT2D eigenvalue weighted by Crippen LogP contribution is -2.50. The predicted molar refractivity (Wildman–Crippen MR) is 117 cm³/mol. The largest absolute Gasteiger partial charge is 0.480 e. The number of amides is 1. The van der Waals surface area contributed by atoms with Crippen LogP contribution in [0.4, 0.5) is 0 Å². The molecular formula is C24H22BrNO3. The second kappa shape index (κ2) is 9.05. The number of carboxylic acids is 1. The first kappa shape index (κ1) is 20.8. The molecule has 1 atom stereocenters. The zero-order valence-electron chi connectivity index (χ0n) is 16.0. The SMILES string of the molecule is CC(C(=O)N[C@H](Cc1ccc(Br)cc1)C(=O)O)(c1ccccc1)c1ccccc1. The summed E-state index contributed by atoms with van der Waals surface area (Å²) in [5.74, 6) is -1.41. The van der Waals surface area contributed by atoms with Gasteiger partial charge in [0.2, 0.25) is 5.91 Å². The Kier molecular flexibility index (Phi) is 6.49. The maximum absolute atomic E-state index is 13.4. The third-order valence-electron chi connectivity index (χ3n) is 5.11. The Morgan fingerprint density at radius 1 is 0.897 bits per heavy atom. The van der Waals surface area contributed by atoms with Gasteiger partial charge in [-0.1, -0.05) is 88.7 Å². The van der Waals surface area contributed by atoms with Gasteiger partial charge in [0.1, 0.15) is 6.04 Å². The van der Waals surface area contributed by atoms with Crippen LogP contribution in [-0.2, 0) is 21.4 Å². The van der Waals surface area contributed by atoms with Crippen molar-refractivity contribution >= 4 is 27.8 Å². The predicted octanol–water partition coefficient (Wildman–Crippen LogP) is 4.57. The highest BCUT2D eigenvalue weighted by atomic mass is 79.9. The number of hydrogen-bond donors (Lipinski definition) is 2. The zero-order valence-corrected chi connectivity index (χ0v) is 17.6. The number of carbonyl (C=O) groups excluding carboxylic acids is 1. The molecule has 2 N–H and O–H groups in total. The van der Waals surface area contributed by atoms with Crippen LogP contribution in [0.1, 0.15) is 23.6 Å². The third-order valence-corrected chi connectivity index (χ3v) is 5.64. The van der Waals surface area contributed by atoms with E-state index in [4.69, 9.17) is 0 Å². The van der Waals surface area contributed by atoms with Crippen molar-refractivity contribution in [2.24, 2.45) is 0 Å². The Hall–Kier alpha value is -2.92.